The van der Waals surface area contributed by atoms with Gasteiger partial charge in [-0.1, -0.05) is 12.1 Å². The van der Waals surface area contributed by atoms with Gasteiger partial charge in [-0.15, -0.1) is 0 Å². The lowest BCUT2D eigenvalue weighted by molar-refractivity contribution is 0.0697. The molecule has 5 nitrogen and oxygen atoms in total. The van der Waals surface area contributed by atoms with Crippen LogP contribution >= 0.6 is 0 Å². The van der Waals surface area contributed by atoms with Crippen molar-refractivity contribution in [2.24, 2.45) is 0 Å². The van der Waals surface area contributed by atoms with E-state index >= 15 is 0 Å². The lowest BCUT2D eigenvalue weighted by atomic mass is 10.1. The number of carbonyl (C=O) groups is 2. The number of hydrogen-bond donors (Lipinski definition) is 2. The molecule has 0 unspecified atom stereocenters. The second kappa shape index (κ2) is 5.44. The molecule has 5 heteroatoms. The molecule has 2 N–H and O–H groups in total. The first-order chi connectivity index (χ1) is 9.82. The molecule has 2 aromatic rings. The molecule has 0 fully saturated rings. The molecule has 0 spiro atoms. The molecular weight excluding hydrogens is 270 g/mol. The van der Waals surface area contributed by atoms with Gasteiger partial charge >= 0.3 is 5.97 Å². The van der Waals surface area contributed by atoms with E-state index < -0.39 is 5.97 Å². The Labute approximate surface area is 122 Å². The van der Waals surface area contributed by atoms with Gasteiger partial charge in [0, 0.05) is 5.56 Å². The highest BCUT2D eigenvalue weighted by Crippen LogP contribution is 2.24. The van der Waals surface area contributed by atoms with Crippen molar-refractivity contribution in [1.82, 2.24) is 0 Å². The Hall–Kier alpha value is -2.56. The topological polar surface area (TPSA) is 79.5 Å². The normalized spacial score (nSPS) is 10.5. The third kappa shape index (κ3) is 2.67. The molecule has 1 aromatic carbocycles. The van der Waals surface area contributed by atoms with Gasteiger partial charge in [-0.25, -0.2) is 4.79 Å². The molecule has 2 rings (SSSR count). The molecule has 0 radical (unpaired) electrons. The van der Waals surface area contributed by atoms with Crippen molar-refractivity contribution in [2.45, 2.75) is 27.7 Å². The summed E-state index contributed by atoms with van der Waals surface area (Å²) in [5, 5.41) is 11.9. The zero-order valence-corrected chi connectivity index (χ0v) is 12.4. The van der Waals surface area contributed by atoms with Crippen LogP contribution in [0.15, 0.2) is 22.6 Å². The molecule has 0 saturated heterocycles. The molecule has 1 amide bonds. The number of amides is 1. The Kier molecular flexibility index (Phi) is 3.84. The van der Waals surface area contributed by atoms with E-state index in [9.17, 15) is 14.7 Å². The van der Waals surface area contributed by atoms with E-state index in [1.54, 1.807) is 45.9 Å². The van der Waals surface area contributed by atoms with Crippen LogP contribution in [0.1, 0.15) is 43.4 Å². The fraction of sp³-hybridized carbons (Fsp3) is 0.250. The molecule has 0 aliphatic heterocycles. The van der Waals surface area contributed by atoms with Crippen molar-refractivity contribution < 1.29 is 19.1 Å². The predicted molar refractivity (Wildman–Crippen MR) is 79.0 cm³/mol. The Morgan fingerprint density at radius 2 is 1.71 bits per heavy atom. The van der Waals surface area contributed by atoms with Crippen molar-refractivity contribution in [1.29, 1.82) is 0 Å². The highest BCUT2D eigenvalue weighted by Gasteiger charge is 2.21. The van der Waals surface area contributed by atoms with Crippen LogP contribution in [0, 0.1) is 27.7 Å². The van der Waals surface area contributed by atoms with Gasteiger partial charge in [0.25, 0.3) is 5.91 Å². The summed E-state index contributed by atoms with van der Waals surface area (Å²) in [7, 11) is 0. The number of furan rings is 1. The summed E-state index contributed by atoms with van der Waals surface area (Å²) in [6, 6.07) is 4.97. The van der Waals surface area contributed by atoms with E-state index in [1.807, 2.05) is 0 Å². The van der Waals surface area contributed by atoms with E-state index in [1.165, 1.54) is 0 Å². The smallest absolute Gasteiger partial charge is 0.338 e. The van der Waals surface area contributed by atoms with Crippen LogP contribution in [0.4, 0.5) is 5.69 Å². The minimum Gasteiger partial charge on any atom is -0.478 e. The average molecular weight is 287 g/mol. The van der Waals surface area contributed by atoms with Gasteiger partial charge < -0.3 is 14.8 Å². The first-order valence-corrected chi connectivity index (χ1v) is 6.53. The molecule has 21 heavy (non-hydrogen) atoms. The summed E-state index contributed by atoms with van der Waals surface area (Å²) in [5.74, 6) is -0.234. The van der Waals surface area contributed by atoms with Gasteiger partial charge in [0.1, 0.15) is 11.5 Å². The number of benzene rings is 1. The fourth-order valence-corrected chi connectivity index (χ4v) is 2.37. The monoisotopic (exact) mass is 287 g/mol. The molecule has 1 aromatic heterocycles. The van der Waals surface area contributed by atoms with Crippen LogP contribution in [0.5, 0.6) is 0 Å². The Bertz CT molecular complexity index is 728. The maximum Gasteiger partial charge on any atom is 0.338 e. The quantitative estimate of drug-likeness (QED) is 0.906. The first kappa shape index (κ1) is 14.8. The molecule has 0 aliphatic carbocycles. The summed E-state index contributed by atoms with van der Waals surface area (Å²) < 4.78 is 5.43. The van der Waals surface area contributed by atoms with Crippen LogP contribution in [-0.2, 0) is 0 Å². The van der Waals surface area contributed by atoms with Crippen molar-refractivity contribution in [2.75, 3.05) is 5.32 Å². The highest BCUT2D eigenvalue weighted by molar-refractivity contribution is 6.09. The number of carbonyl (C=O) groups excluding carboxylic acids is 1. The standard InChI is InChI=1S/C16H17NO4/c1-8-6-5-7-12(13(8)16(19)20)17-15(18)14-9(2)10(3)21-11(14)4/h5-7H,1-4H3,(H,17,18)(H,19,20). The van der Waals surface area contributed by atoms with Gasteiger partial charge in [0.05, 0.1) is 16.8 Å². The van der Waals surface area contributed by atoms with Gasteiger partial charge in [-0.05, 0) is 39.3 Å². The van der Waals surface area contributed by atoms with E-state index in [0.29, 0.717) is 22.6 Å². The van der Waals surface area contributed by atoms with Gasteiger partial charge in [0.15, 0.2) is 0 Å². The van der Waals surface area contributed by atoms with Gasteiger partial charge in [-0.2, -0.15) is 0 Å². The number of aromatic carboxylic acids is 1. The van der Waals surface area contributed by atoms with Crippen molar-refractivity contribution in [3.63, 3.8) is 0 Å². The van der Waals surface area contributed by atoms with Crippen LogP contribution in [0.25, 0.3) is 0 Å². The van der Waals surface area contributed by atoms with E-state index in [2.05, 4.69) is 5.32 Å². The molecule has 0 atom stereocenters. The SMILES string of the molecule is Cc1cccc(NC(=O)c2c(C)oc(C)c2C)c1C(=O)O. The van der Waals surface area contributed by atoms with Crippen LogP contribution in [0.3, 0.4) is 0 Å². The molecule has 0 aliphatic rings. The van der Waals surface area contributed by atoms with Crippen LogP contribution < -0.4 is 5.32 Å². The minimum absolute atomic E-state index is 0.0985. The summed E-state index contributed by atoms with van der Waals surface area (Å²) in [6.45, 7) is 6.99. The van der Waals surface area contributed by atoms with Crippen molar-refractivity contribution in [3.05, 3.63) is 52.0 Å². The van der Waals surface area contributed by atoms with E-state index in [4.69, 9.17) is 4.42 Å². The van der Waals surface area contributed by atoms with E-state index in [0.717, 1.165) is 5.56 Å². The minimum atomic E-state index is -1.07. The zero-order chi connectivity index (χ0) is 15.7. The van der Waals surface area contributed by atoms with Gasteiger partial charge in [-0.3, -0.25) is 4.79 Å². The molecule has 110 valence electrons. The number of aryl methyl sites for hydroxylation is 3. The number of hydrogen-bond acceptors (Lipinski definition) is 3. The third-order valence-corrected chi connectivity index (χ3v) is 3.52. The third-order valence-electron chi connectivity index (χ3n) is 3.52. The van der Waals surface area contributed by atoms with Crippen LogP contribution in [0.2, 0.25) is 0 Å². The maximum absolute atomic E-state index is 12.4. The average Bonchev–Trinajstić information content (AvgIpc) is 2.62. The maximum atomic E-state index is 12.4. The second-order valence-electron chi connectivity index (χ2n) is 4.97. The largest absolute Gasteiger partial charge is 0.478 e. The number of rotatable bonds is 3. The number of nitrogens with one attached hydrogen (secondary N) is 1. The van der Waals surface area contributed by atoms with Crippen molar-refractivity contribution >= 4 is 17.6 Å². The summed E-state index contributed by atoms with van der Waals surface area (Å²) in [5.41, 5.74) is 2.18. The zero-order valence-electron chi connectivity index (χ0n) is 12.4. The summed E-state index contributed by atoms with van der Waals surface area (Å²) >= 11 is 0. The van der Waals surface area contributed by atoms with Crippen LogP contribution in [-0.4, -0.2) is 17.0 Å². The van der Waals surface area contributed by atoms with Gasteiger partial charge in [0.2, 0.25) is 0 Å². The Balaban J connectivity index is 2.41. The summed E-state index contributed by atoms with van der Waals surface area (Å²) in [4.78, 5) is 23.7. The molecule has 1 heterocycles. The number of carboxylic acid groups (broad SMARTS) is 1. The highest BCUT2D eigenvalue weighted by atomic mass is 16.4. The second-order valence-corrected chi connectivity index (χ2v) is 4.97. The first-order valence-electron chi connectivity index (χ1n) is 6.53. The van der Waals surface area contributed by atoms with E-state index in [-0.39, 0.29) is 17.2 Å². The summed E-state index contributed by atoms with van der Waals surface area (Å²) in [6.07, 6.45) is 0. The number of carboxylic acids is 1. The number of anilines is 1. The predicted octanol–water partition coefficient (Wildman–Crippen LogP) is 3.46. The molecule has 0 bridgehead atoms. The Morgan fingerprint density at radius 1 is 1.05 bits per heavy atom. The van der Waals surface area contributed by atoms with Crippen molar-refractivity contribution in [3.8, 4) is 0 Å². The Morgan fingerprint density at radius 3 is 2.24 bits per heavy atom. The molecular formula is C16H17NO4. The molecule has 0 saturated carbocycles. The fourth-order valence-electron chi connectivity index (χ4n) is 2.37. The lowest BCUT2D eigenvalue weighted by Gasteiger charge is -2.10. The lowest BCUT2D eigenvalue weighted by Crippen LogP contribution is -2.16.